The van der Waals surface area contributed by atoms with Gasteiger partial charge in [0.05, 0.1) is 12.9 Å². The topological polar surface area (TPSA) is 143 Å². The third-order valence-corrected chi connectivity index (χ3v) is 6.96. The van der Waals surface area contributed by atoms with E-state index in [-0.39, 0.29) is 18.3 Å². The molecule has 12 heteroatoms. The molecule has 11 nitrogen and oxygen atoms in total. The highest BCUT2D eigenvalue weighted by atomic mass is 35.5. The summed E-state index contributed by atoms with van der Waals surface area (Å²) in [5.74, 6) is 1.61. The molecule has 5 rings (SSSR count). The van der Waals surface area contributed by atoms with Gasteiger partial charge in [-0.3, -0.25) is 4.57 Å². The lowest BCUT2D eigenvalue weighted by Crippen LogP contribution is -2.48. The number of hydrogen-bond donors (Lipinski definition) is 3. The van der Waals surface area contributed by atoms with Crippen LogP contribution < -0.4 is 4.90 Å². The van der Waals surface area contributed by atoms with Gasteiger partial charge in [-0.1, -0.05) is 36.3 Å². The molecule has 2 aliphatic heterocycles. The number of nitrogens with zero attached hydrogens (tertiary/aromatic N) is 5. The van der Waals surface area contributed by atoms with Crippen molar-refractivity contribution in [2.75, 3.05) is 24.6 Å². The number of ether oxygens (including phenoxy) is 2. The zero-order chi connectivity index (χ0) is 26.2. The molecule has 0 bridgehead atoms. The van der Waals surface area contributed by atoms with Gasteiger partial charge in [-0.15, -0.1) is 6.42 Å². The van der Waals surface area contributed by atoms with Crippen LogP contribution in [-0.4, -0.2) is 84.4 Å². The highest BCUT2D eigenvalue weighted by Crippen LogP contribution is 2.39. The number of halogens is 1. The molecule has 5 atom stereocenters. The van der Waals surface area contributed by atoms with Gasteiger partial charge in [0.15, 0.2) is 34.9 Å². The maximum atomic E-state index is 11.8. The number of fused-ring (bicyclic) bond motifs is 1. The molecule has 0 amide bonds. The van der Waals surface area contributed by atoms with E-state index in [0.717, 1.165) is 31.5 Å². The van der Waals surface area contributed by atoms with Crippen LogP contribution in [0.15, 0.2) is 36.7 Å². The van der Waals surface area contributed by atoms with E-state index in [4.69, 9.17) is 27.5 Å². The predicted octanol–water partition coefficient (Wildman–Crippen LogP) is 1.41. The van der Waals surface area contributed by atoms with Gasteiger partial charge < -0.3 is 29.7 Å². The second-order valence-electron chi connectivity index (χ2n) is 9.11. The number of carbonyl (C=O) groups is 1. The van der Waals surface area contributed by atoms with Crippen molar-refractivity contribution in [2.45, 2.75) is 49.4 Å². The van der Waals surface area contributed by atoms with Crippen LogP contribution >= 0.6 is 11.6 Å². The van der Waals surface area contributed by atoms with Crippen molar-refractivity contribution >= 4 is 34.6 Å². The fourth-order valence-corrected chi connectivity index (χ4v) is 4.94. The first-order valence-corrected chi connectivity index (χ1v) is 12.3. The van der Waals surface area contributed by atoms with Crippen molar-refractivity contribution in [1.29, 1.82) is 0 Å². The number of aromatic nitrogens is 4. The molecule has 2 aliphatic rings. The Morgan fingerprint density at radius 3 is 2.70 bits per heavy atom. The quantitative estimate of drug-likeness (QED) is 0.290. The third kappa shape index (κ3) is 4.74. The second-order valence-corrected chi connectivity index (χ2v) is 9.45. The lowest BCUT2D eigenvalue weighted by Gasteiger charge is -2.26. The zero-order valence-electron chi connectivity index (χ0n) is 19.8. The summed E-state index contributed by atoms with van der Waals surface area (Å²) in [5.41, 5.74) is -0.618. The van der Waals surface area contributed by atoms with Gasteiger partial charge in [-0.25, -0.2) is 9.78 Å². The largest absolute Gasteiger partial charge is 0.479 e. The first-order chi connectivity index (χ1) is 17.8. The lowest BCUT2D eigenvalue weighted by atomic mass is 9.93. The normalized spacial score (nSPS) is 26.4. The monoisotopic (exact) mass is 527 g/mol. The summed E-state index contributed by atoms with van der Waals surface area (Å²) < 4.78 is 13.0. The number of carboxylic acid groups (broad SMARTS) is 1. The molecule has 0 radical (unpaired) electrons. The lowest BCUT2D eigenvalue weighted by molar-refractivity contribution is -0.156. The Morgan fingerprint density at radius 1 is 1.30 bits per heavy atom. The van der Waals surface area contributed by atoms with Crippen molar-refractivity contribution in [1.82, 2.24) is 19.5 Å². The minimum atomic E-state index is -2.16. The third-order valence-electron chi connectivity index (χ3n) is 6.79. The predicted molar refractivity (Wildman–Crippen MR) is 133 cm³/mol. The number of terminal acetylenes is 1. The molecule has 0 saturated carbocycles. The van der Waals surface area contributed by atoms with Crippen LogP contribution in [0, 0.1) is 12.3 Å². The Kier molecular flexibility index (Phi) is 7.02. The molecule has 2 aromatic heterocycles. The van der Waals surface area contributed by atoms with Gasteiger partial charge >= 0.3 is 5.97 Å². The smallest absolute Gasteiger partial charge is 0.333 e. The number of anilines is 1. The molecule has 3 aromatic rings. The fraction of sp³-hybridized carbons (Fsp3) is 0.440. The van der Waals surface area contributed by atoms with Crippen LogP contribution in [0.4, 0.5) is 5.82 Å². The van der Waals surface area contributed by atoms with E-state index in [9.17, 15) is 20.1 Å². The van der Waals surface area contributed by atoms with E-state index in [1.54, 1.807) is 24.3 Å². The summed E-state index contributed by atoms with van der Waals surface area (Å²) in [5, 5.41) is 31.8. The molecule has 4 heterocycles. The second kappa shape index (κ2) is 10.2. The number of imidazole rings is 1. The highest BCUT2D eigenvalue weighted by Gasteiger charge is 2.56. The summed E-state index contributed by atoms with van der Waals surface area (Å²) in [4.78, 5) is 26.9. The van der Waals surface area contributed by atoms with Crippen molar-refractivity contribution in [3.8, 4) is 12.3 Å². The molecule has 37 heavy (non-hydrogen) atoms. The van der Waals surface area contributed by atoms with E-state index in [2.05, 4.69) is 25.8 Å². The van der Waals surface area contributed by atoms with Crippen LogP contribution in [0.1, 0.15) is 24.6 Å². The molecule has 194 valence electrons. The number of benzene rings is 1. The average molecular weight is 528 g/mol. The first kappa shape index (κ1) is 25.4. The van der Waals surface area contributed by atoms with Gasteiger partial charge in [-0.05, 0) is 30.0 Å². The van der Waals surface area contributed by atoms with Crippen LogP contribution in [0.3, 0.4) is 0 Å². The highest BCUT2D eigenvalue weighted by molar-refractivity contribution is 6.28. The Morgan fingerprint density at radius 2 is 2.03 bits per heavy atom. The van der Waals surface area contributed by atoms with Crippen molar-refractivity contribution in [2.24, 2.45) is 0 Å². The minimum Gasteiger partial charge on any atom is -0.479 e. The standard InChI is InChI=1S/C25H26ClN5O6/c1-2-25(35)17(13-36-16(23(33)34)12-15-8-4-3-5-9-15)37-22(19(25)32)31-14-27-18-20(30-10-6-7-11-30)28-24(26)29-21(18)31/h1,3-5,8-9,14,16-17,19,22,32,35H,6-7,10-13H2,(H,33,34)/t16?,17-,19+,22-,25-/m1/s1. The van der Waals surface area contributed by atoms with Crippen molar-refractivity contribution in [3.63, 3.8) is 0 Å². The summed E-state index contributed by atoms with van der Waals surface area (Å²) in [6.45, 7) is 1.24. The number of rotatable bonds is 8. The van der Waals surface area contributed by atoms with Crippen LogP contribution in [0.25, 0.3) is 11.2 Å². The molecular weight excluding hydrogens is 502 g/mol. The Labute approximate surface area is 217 Å². The summed E-state index contributed by atoms with van der Waals surface area (Å²) in [7, 11) is 0. The van der Waals surface area contributed by atoms with Crippen LogP contribution in [-0.2, 0) is 20.7 Å². The van der Waals surface area contributed by atoms with Gasteiger partial charge in [0.25, 0.3) is 0 Å². The summed E-state index contributed by atoms with van der Waals surface area (Å²) in [6.07, 6.45) is 3.94. The van der Waals surface area contributed by atoms with Crippen molar-refractivity contribution in [3.05, 3.63) is 47.5 Å². The summed E-state index contributed by atoms with van der Waals surface area (Å²) in [6, 6.07) is 9.00. The zero-order valence-corrected chi connectivity index (χ0v) is 20.5. The molecule has 2 saturated heterocycles. The molecule has 1 aromatic carbocycles. The number of hydrogen-bond acceptors (Lipinski definition) is 9. The Bertz CT molecular complexity index is 1320. The van der Waals surface area contributed by atoms with E-state index < -0.39 is 36.1 Å². The van der Waals surface area contributed by atoms with E-state index in [0.29, 0.717) is 17.0 Å². The van der Waals surface area contributed by atoms with E-state index in [1.807, 2.05) is 6.07 Å². The molecular formula is C25H26ClN5O6. The molecule has 2 fully saturated rings. The minimum absolute atomic E-state index is 0.000874. The number of aliphatic hydroxyl groups excluding tert-OH is 1. The maximum Gasteiger partial charge on any atom is 0.333 e. The number of aliphatic hydroxyl groups is 2. The first-order valence-electron chi connectivity index (χ1n) is 11.9. The average Bonchev–Trinajstić information content (AvgIpc) is 3.62. The molecule has 0 spiro atoms. The van der Waals surface area contributed by atoms with E-state index in [1.165, 1.54) is 10.9 Å². The van der Waals surface area contributed by atoms with Crippen LogP contribution in [0.5, 0.6) is 0 Å². The van der Waals surface area contributed by atoms with Crippen molar-refractivity contribution < 1.29 is 29.6 Å². The fourth-order valence-electron chi connectivity index (χ4n) is 4.78. The number of carboxylic acids is 1. The number of aliphatic carboxylic acids is 1. The van der Waals surface area contributed by atoms with Crippen LogP contribution in [0.2, 0.25) is 5.28 Å². The van der Waals surface area contributed by atoms with Gasteiger partial charge in [0.2, 0.25) is 5.28 Å². The Balaban J connectivity index is 1.40. The van der Waals surface area contributed by atoms with E-state index >= 15 is 0 Å². The van der Waals surface area contributed by atoms with Gasteiger partial charge in [0, 0.05) is 19.5 Å². The van der Waals surface area contributed by atoms with Gasteiger partial charge in [-0.2, -0.15) is 9.97 Å². The molecule has 0 aliphatic carbocycles. The molecule has 3 N–H and O–H groups in total. The molecule has 1 unspecified atom stereocenters. The maximum absolute atomic E-state index is 11.8. The SMILES string of the molecule is C#C[C@@]1(O)[C@@H](COC(Cc2ccccc2)C(=O)O)O[C@@H](n2cnc3c(N4CCCC4)nc(Cl)nc32)[C@@H]1O. The Hall–Kier alpha value is -3.27. The van der Waals surface area contributed by atoms with Gasteiger partial charge in [0.1, 0.15) is 12.2 Å². The summed E-state index contributed by atoms with van der Waals surface area (Å²) >= 11 is 6.22.